The third kappa shape index (κ3) is 2.03. The number of aryl methyl sites for hydroxylation is 1. The molecule has 1 aromatic carbocycles. The van der Waals surface area contributed by atoms with Crippen molar-refractivity contribution in [3.63, 3.8) is 0 Å². The van der Waals surface area contributed by atoms with Crippen LogP contribution in [0.2, 0.25) is 10.0 Å². The second-order valence-corrected chi connectivity index (χ2v) is 5.79. The number of aromatic nitrogens is 6. The summed E-state index contributed by atoms with van der Waals surface area (Å²) in [7, 11) is 0. The van der Waals surface area contributed by atoms with Crippen LogP contribution >= 0.6 is 23.2 Å². The standard InChI is InChI=1S/C14H10Cl2N6/c1-8-12-13-17-6-19-22(13)7-18-14(12)21(20-8)5-9-2-3-10(15)4-11(9)16/h2-4,6-7H,5H2,1H3. The molecule has 22 heavy (non-hydrogen) atoms. The molecule has 0 aliphatic heterocycles. The van der Waals surface area contributed by atoms with Gasteiger partial charge in [0.2, 0.25) is 0 Å². The van der Waals surface area contributed by atoms with Gasteiger partial charge in [0.05, 0.1) is 17.6 Å². The van der Waals surface area contributed by atoms with Crippen LogP contribution in [0.4, 0.5) is 0 Å². The molecule has 6 nitrogen and oxygen atoms in total. The van der Waals surface area contributed by atoms with Crippen LogP contribution in [-0.2, 0) is 6.54 Å². The smallest absolute Gasteiger partial charge is 0.169 e. The normalized spacial score (nSPS) is 11.6. The number of halogens is 2. The van der Waals surface area contributed by atoms with Crippen LogP contribution in [0.15, 0.2) is 30.9 Å². The highest BCUT2D eigenvalue weighted by Gasteiger charge is 2.15. The summed E-state index contributed by atoms with van der Waals surface area (Å²) in [5.74, 6) is 0. The Morgan fingerprint density at radius 1 is 1.14 bits per heavy atom. The van der Waals surface area contributed by atoms with E-state index in [1.807, 2.05) is 23.7 Å². The monoisotopic (exact) mass is 332 g/mol. The molecule has 3 aromatic heterocycles. The second kappa shape index (κ2) is 4.93. The fraction of sp³-hybridized carbons (Fsp3) is 0.143. The summed E-state index contributed by atoms with van der Waals surface area (Å²) in [5, 5.41) is 10.8. The Morgan fingerprint density at radius 2 is 2.00 bits per heavy atom. The molecule has 0 bridgehead atoms. The van der Waals surface area contributed by atoms with Crippen LogP contribution in [0.25, 0.3) is 16.7 Å². The zero-order chi connectivity index (χ0) is 15.3. The molecule has 8 heteroatoms. The van der Waals surface area contributed by atoms with E-state index in [9.17, 15) is 0 Å². The molecule has 4 rings (SSSR count). The molecule has 3 heterocycles. The van der Waals surface area contributed by atoms with Gasteiger partial charge >= 0.3 is 0 Å². The van der Waals surface area contributed by atoms with E-state index >= 15 is 0 Å². The van der Waals surface area contributed by atoms with E-state index in [-0.39, 0.29) is 0 Å². The summed E-state index contributed by atoms with van der Waals surface area (Å²) in [6.45, 7) is 2.44. The third-order valence-electron chi connectivity index (χ3n) is 3.52. The Hall–Kier alpha value is -2.18. The van der Waals surface area contributed by atoms with Gasteiger partial charge in [0, 0.05) is 10.0 Å². The predicted molar refractivity (Wildman–Crippen MR) is 84.4 cm³/mol. The van der Waals surface area contributed by atoms with Gasteiger partial charge in [-0.2, -0.15) is 10.2 Å². The SMILES string of the molecule is Cc1nn(Cc2ccc(Cl)cc2Cl)c2ncn3ncnc3c12. The van der Waals surface area contributed by atoms with E-state index in [1.54, 1.807) is 16.9 Å². The van der Waals surface area contributed by atoms with E-state index in [1.165, 1.54) is 6.33 Å². The van der Waals surface area contributed by atoms with E-state index in [2.05, 4.69) is 20.2 Å². The minimum absolute atomic E-state index is 0.512. The number of nitrogens with zero attached hydrogens (tertiary/aromatic N) is 6. The van der Waals surface area contributed by atoms with Gasteiger partial charge in [0.15, 0.2) is 11.3 Å². The molecule has 0 fully saturated rings. The molecule has 0 amide bonds. The molecule has 0 saturated carbocycles. The van der Waals surface area contributed by atoms with Crippen molar-refractivity contribution in [1.29, 1.82) is 0 Å². The maximum absolute atomic E-state index is 6.24. The molecule has 0 atom stereocenters. The fourth-order valence-electron chi connectivity index (χ4n) is 2.51. The van der Waals surface area contributed by atoms with Crippen molar-refractivity contribution in [3.05, 3.63) is 52.2 Å². The van der Waals surface area contributed by atoms with E-state index in [4.69, 9.17) is 23.2 Å². The van der Waals surface area contributed by atoms with Gasteiger partial charge < -0.3 is 0 Å². The van der Waals surface area contributed by atoms with Crippen LogP contribution in [0, 0.1) is 6.92 Å². The summed E-state index contributed by atoms with van der Waals surface area (Å²) >= 11 is 12.2. The summed E-state index contributed by atoms with van der Waals surface area (Å²) in [5.41, 5.74) is 3.28. The first-order valence-corrected chi connectivity index (χ1v) is 7.34. The molecule has 0 unspecified atom stereocenters. The maximum atomic E-state index is 6.24. The van der Waals surface area contributed by atoms with Gasteiger partial charge in [-0.25, -0.2) is 19.2 Å². The molecule has 0 spiro atoms. The zero-order valence-electron chi connectivity index (χ0n) is 11.5. The first kappa shape index (κ1) is 13.5. The van der Waals surface area contributed by atoms with Crippen molar-refractivity contribution in [1.82, 2.24) is 29.4 Å². The summed E-state index contributed by atoms with van der Waals surface area (Å²) in [6, 6.07) is 5.43. The minimum atomic E-state index is 0.512. The number of benzene rings is 1. The highest BCUT2D eigenvalue weighted by Crippen LogP contribution is 2.24. The van der Waals surface area contributed by atoms with Gasteiger partial charge in [-0.1, -0.05) is 29.3 Å². The Balaban J connectivity index is 1.88. The molecule has 0 saturated heterocycles. The molecule has 0 aliphatic carbocycles. The Labute approximate surface area is 135 Å². The van der Waals surface area contributed by atoms with Crippen LogP contribution in [0.3, 0.4) is 0 Å². The maximum Gasteiger partial charge on any atom is 0.169 e. The largest absolute Gasteiger partial charge is 0.242 e. The van der Waals surface area contributed by atoms with Crippen molar-refractivity contribution in [2.45, 2.75) is 13.5 Å². The van der Waals surface area contributed by atoms with Crippen LogP contribution in [-0.4, -0.2) is 29.4 Å². The highest BCUT2D eigenvalue weighted by molar-refractivity contribution is 6.35. The molecule has 0 N–H and O–H groups in total. The quantitative estimate of drug-likeness (QED) is 0.565. The Morgan fingerprint density at radius 3 is 2.82 bits per heavy atom. The number of hydrogen-bond acceptors (Lipinski definition) is 4. The van der Waals surface area contributed by atoms with Gasteiger partial charge in [-0.3, -0.25) is 0 Å². The molecular formula is C14H10Cl2N6. The van der Waals surface area contributed by atoms with E-state index in [0.717, 1.165) is 27.9 Å². The number of fused-ring (bicyclic) bond motifs is 3. The Kier molecular flexibility index (Phi) is 3.02. The van der Waals surface area contributed by atoms with Crippen LogP contribution in [0.1, 0.15) is 11.3 Å². The average Bonchev–Trinajstić information content (AvgIpc) is 3.06. The van der Waals surface area contributed by atoms with E-state index in [0.29, 0.717) is 16.6 Å². The number of rotatable bonds is 2. The van der Waals surface area contributed by atoms with Crippen molar-refractivity contribution >= 4 is 39.9 Å². The summed E-state index contributed by atoms with van der Waals surface area (Å²) < 4.78 is 3.45. The number of hydrogen-bond donors (Lipinski definition) is 0. The van der Waals surface area contributed by atoms with Gasteiger partial charge in [0.1, 0.15) is 12.7 Å². The molecule has 0 aliphatic rings. The first-order chi connectivity index (χ1) is 10.6. The summed E-state index contributed by atoms with van der Waals surface area (Å²) in [4.78, 5) is 8.71. The molecule has 110 valence electrons. The van der Waals surface area contributed by atoms with Gasteiger partial charge in [-0.05, 0) is 24.6 Å². The fourth-order valence-corrected chi connectivity index (χ4v) is 2.98. The van der Waals surface area contributed by atoms with Crippen molar-refractivity contribution in [2.24, 2.45) is 0 Å². The average molecular weight is 333 g/mol. The predicted octanol–water partition coefficient (Wildman–Crippen LogP) is 3.14. The second-order valence-electron chi connectivity index (χ2n) is 4.95. The van der Waals surface area contributed by atoms with Crippen LogP contribution < -0.4 is 0 Å². The lowest BCUT2D eigenvalue weighted by molar-refractivity contribution is 0.695. The van der Waals surface area contributed by atoms with Gasteiger partial charge in [0.25, 0.3) is 0 Å². The lowest BCUT2D eigenvalue weighted by Crippen LogP contribution is -2.04. The first-order valence-electron chi connectivity index (χ1n) is 6.59. The van der Waals surface area contributed by atoms with Crippen molar-refractivity contribution in [2.75, 3.05) is 0 Å². The van der Waals surface area contributed by atoms with E-state index < -0.39 is 0 Å². The Bertz CT molecular complexity index is 1000. The lowest BCUT2D eigenvalue weighted by atomic mass is 10.2. The van der Waals surface area contributed by atoms with Gasteiger partial charge in [-0.15, -0.1) is 0 Å². The lowest BCUT2D eigenvalue weighted by Gasteiger charge is -2.06. The van der Waals surface area contributed by atoms with Crippen LogP contribution in [0.5, 0.6) is 0 Å². The minimum Gasteiger partial charge on any atom is -0.242 e. The molecule has 0 radical (unpaired) electrons. The molecule has 4 aromatic rings. The zero-order valence-corrected chi connectivity index (χ0v) is 13.0. The summed E-state index contributed by atoms with van der Waals surface area (Å²) in [6.07, 6.45) is 3.13. The highest BCUT2D eigenvalue weighted by atomic mass is 35.5. The third-order valence-corrected chi connectivity index (χ3v) is 4.11. The van der Waals surface area contributed by atoms with Crippen molar-refractivity contribution in [3.8, 4) is 0 Å². The topological polar surface area (TPSA) is 60.9 Å². The van der Waals surface area contributed by atoms with Crippen molar-refractivity contribution < 1.29 is 0 Å². The molecular weight excluding hydrogens is 323 g/mol.